The van der Waals surface area contributed by atoms with Gasteiger partial charge in [0.05, 0.1) is 17.4 Å². The zero-order valence-electron chi connectivity index (χ0n) is 15.4. The monoisotopic (exact) mass is 375 g/mol. The molecule has 0 saturated heterocycles. The van der Waals surface area contributed by atoms with Crippen LogP contribution in [0.3, 0.4) is 0 Å². The minimum Gasteiger partial charge on any atom is -0.391 e. The molecular weight excluding hydrogens is 350 g/mol. The maximum Gasteiger partial charge on any atom is 0.253 e. The third-order valence-electron chi connectivity index (χ3n) is 3.88. The molecule has 2 rings (SSSR count). The van der Waals surface area contributed by atoms with Crippen molar-refractivity contribution < 1.29 is 9.90 Å². The van der Waals surface area contributed by atoms with E-state index in [1.165, 1.54) is 0 Å². The highest BCUT2D eigenvalue weighted by Gasteiger charge is 2.22. The summed E-state index contributed by atoms with van der Waals surface area (Å²) in [5, 5.41) is 14.1. The number of nitrogens with one attached hydrogen (secondary N) is 1. The number of rotatable bonds is 6. The maximum atomic E-state index is 12.5. The number of pyridine rings is 1. The Balaban J connectivity index is 2.08. The lowest BCUT2D eigenvalue weighted by atomic mass is 9.97. The Morgan fingerprint density at radius 2 is 2.00 bits per heavy atom. The Labute approximate surface area is 159 Å². The van der Waals surface area contributed by atoms with Crippen molar-refractivity contribution in [3.05, 3.63) is 64.4 Å². The second kappa shape index (κ2) is 8.62. The van der Waals surface area contributed by atoms with Gasteiger partial charge in [-0.2, -0.15) is 0 Å². The molecule has 2 atom stereocenters. The molecule has 4 N–H and O–H groups in total. The molecule has 0 bridgehead atoms. The number of aromatic nitrogens is 1. The topological polar surface area (TPSA) is 88.2 Å². The molecule has 0 radical (unpaired) electrons. The predicted molar refractivity (Wildman–Crippen MR) is 104 cm³/mol. The van der Waals surface area contributed by atoms with Crippen LogP contribution in [-0.2, 0) is 12.8 Å². The molecular formula is C20H26ClN3O2. The molecule has 0 aliphatic heterocycles. The average Bonchev–Trinajstić information content (AvgIpc) is 2.53. The largest absolute Gasteiger partial charge is 0.391 e. The molecule has 0 aliphatic rings. The van der Waals surface area contributed by atoms with Crippen LogP contribution in [0, 0.1) is 0 Å². The number of carbonyl (C=O) groups excluding carboxylic acids is 1. The molecule has 0 spiro atoms. The quantitative estimate of drug-likeness (QED) is 0.724. The fourth-order valence-electron chi connectivity index (χ4n) is 2.64. The summed E-state index contributed by atoms with van der Waals surface area (Å²) in [7, 11) is 0. The van der Waals surface area contributed by atoms with Crippen LogP contribution in [0.2, 0.25) is 5.02 Å². The van der Waals surface area contributed by atoms with Crippen molar-refractivity contribution in [3.63, 3.8) is 0 Å². The van der Waals surface area contributed by atoms with Crippen LogP contribution in [0.4, 0.5) is 0 Å². The van der Waals surface area contributed by atoms with Crippen LogP contribution in [-0.4, -0.2) is 33.7 Å². The van der Waals surface area contributed by atoms with Gasteiger partial charge in [0.2, 0.25) is 0 Å². The summed E-state index contributed by atoms with van der Waals surface area (Å²) in [5.74, 6) is -0.212. The fourth-order valence-corrected chi connectivity index (χ4v) is 2.85. The van der Waals surface area contributed by atoms with E-state index in [9.17, 15) is 9.90 Å². The fraction of sp³-hybridized carbons (Fsp3) is 0.400. The van der Waals surface area contributed by atoms with Gasteiger partial charge in [-0.3, -0.25) is 9.78 Å². The molecule has 140 valence electrons. The van der Waals surface area contributed by atoms with E-state index < -0.39 is 12.1 Å². The van der Waals surface area contributed by atoms with Crippen molar-refractivity contribution >= 4 is 17.5 Å². The Hall–Kier alpha value is -1.95. The second-order valence-corrected chi connectivity index (χ2v) is 7.91. The molecule has 6 heteroatoms. The van der Waals surface area contributed by atoms with E-state index in [4.69, 9.17) is 17.3 Å². The van der Waals surface area contributed by atoms with Crippen LogP contribution in [0.5, 0.6) is 0 Å². The summed E-state index contributed by atoms with van der Waals surface area (Å²) in [6.45, 7) is 5.74. The maximum absolute atomic E-state index is 12.5. The Bertz CT molecular complexity index is 759. The smallest absolute Gasteiger partial charge is 0.253 e. The zero-order chi connectivity index (χ0) is 19.3. The molecule has 0 aliphatic carbocycles. The van der Waals surface area contributed by atoms with E-state index in [2.05, 4.69) is 10.3 Å². The molecule has 1 aromatic heterocycles. The number of aliphatic hydroxyl groups excluding tert-OH is 1. The van der Waals surface area contributed by atoms with Gasteiger partial charge in [0.1, 0.15) is 0 Å². The molecule has 2 aromatic rings. The second-order valence-electron chi connectivity index (χ2n) is 7.47. The van der Waals surface area contributed by atoms with Crippen molar-refractivity contribution in [2.24, 2.45) is 5.73 Å². The number of benzene rings is 1. The summed E-state index contributed by atoms with van der Waals surface area (Å²) in [6.07, 6.45) is 1.47. The van der Waals surface area contributed by atoms with Gasteiger partial charge in [-0.1, -0.05) is 23.7 Å². The van der Waals surface area contributed by atoms with Crippen LogP contribution in [0.15, 0.2) is 42.6 Å². The molecule has 5 nitrogen and oxygen atoms in total. The van der Waals surface area contributed by atoms with Crippen LogP contribution in [0.1, 0.15) is 42.4 Å². The Kier molecular flexibility index (Phi) is 6.75. The van der Waals surface area contributed by atoms with Crippen molar-refractivity contribution in [3.8, 4) is 0 Å². The minimum atomic E-state index is -0.829. The van der Waals surface area contributed by atoms with Gasteiger partial charge in [0.15, 0.2) is 0 Å². The van der Waals surface area contributed by atoms with E-state index in [0.717, 1.165) is 5.56 Å². The normalized spacial score (nSPS) is 13.9. The molecule has 26 heavy (non-hydrogen) atoms. The third kappa shape index (κ3) is 6.09. The predicted octanol–water partition coefficient (Wildman–Crippen LogP) is 2.74. The van der Waals surface area contributed by atoms with Gasteiger partial charge in [0, 0.05) is 29.2 Å². The summed E-state index contributed by atoms with van der Waals surface area (Å²) in [6, 6.07) is 10.3. The molecule has 0 saturated carbocycles. The van der Waals surface area contributed by atoms with E-state index in [0.29, 0.717) is 22.7 Å². The van der Waals surface area contributed by atoms with Gasteiger partial charge < -0.3 is 16.2 Å². The van der Waals surface area contributed by atoms with Gasteiger partial charge in [-0.25, -0.2) is 0 Å². The zero-order valence-corrected chi connectivity index (χ0v) is 16.1. The summed E-state index contributed by atoms with van der Waals surface area (Å²) < 4.78 is 0. The first-order chi connectivity index (χ1) is 12.2. The molecule has 1 amide bonds. The standard InChI is InChI=1S/C20H26ClN3O2/c1-20(2,3)24-19(26)15-8-5-9-23-17(15)12-18(25)16(22)11-13-6-4-7-14(21)10-13/h4-10,16,18,25H,11-12,22H2,1-3H3,(H,24,26)/t16-,18+/m1/s1. The summed E-state index contributed by atoms with van der Waals surface area (Å²) in [4.78, 5) is 16.8. The molecule has 0 unspecified atom stereocenters. The lowest BCUT2D eigenvalue weighted by molar-refractivity contribution is 0.0916. The molecule has 0 fully saturated rings. The minimum absolute atomic E-state index is 0.204. The van der Waals surface area contributed by atoms with Crippen molar-refractivity contribution in [2.75, 3.05) is 0 Å². The first-order valence-electron chi connectivity index (χ1n) is 8.60. The third-order valence-corrected chi connectivity index (χ3v) is 4.12. The summed E-state index contributed by atoms with van der Waals surface area (Å²) in [5.41, 5.74) is 7.74. The highest BCUT2D eigenvalue weighted by Crippen LogP contribution is 2.15. The van der Waals surface area contributed by atoms with Crippen LogP contribution in [0.25, 0.3) is 0 Å². The number of halogens is 1. The van der Waals surface area contributed by atoms with E-state index >= 15 is 0 Å². The highest BCUT2D eigenvalue weighted by atomic mass is 35.5. The van der Waals surface area contributed by atoms with Crippen molar-refractivity contribution in [1.29, 1.82) is 0 Å². The lowest BCUT2D eigenvalue weighted by Gasteiger charge is -2.23. The van der Waals surface area contributed by atoms with Gasteiger partial charge in [-0.15, -0.1) is 0 Å². The first kappa shape index (κ1) is 20.4. The summed E-state index contributed by atoms with van der Waals surface area (Å²) >= 11 is 5.99. The Morgan fingerprint density at radius 1 is 1.27 bits per heavy atom. The van der Waals surface area contributed by atoms with Gasteiger partial charge in [-0.05, 0) is 57.0 Å². The van der Waals surface area contributed by atoms with Gasteiger partial charge >= 0.3 is 0 Å². The van der Waals surface area contributed by atoms with Crippen LogP contribution < -0.4 is 11.1 Å². The average molecular weight is 376 g/mol. The number of hydrogen-bond donors (Lipinski definition) is 3. The van der Waals surface area contributed by atoms with Crippen molar-refractivity contribution in [2.45, 2.75) is 51.3 Å². The van der Waals surface area contributed by atoms with Crippen LogP contribution >= 0.6 is 11.6 Å². The van der Waals surface area contributed by atoms with E-state index in [-0.39, 0.29) is 17.9 Å². The number of nitrogens with zero attached hydrogens (tertiary/aromatic N) is 1. The first-order valence-corrected chi connectivity index (χ1v) is 8.98. The molecule has 1 aromatic carbocycles. The SMILES string of the molecule is CC(C)(C)NC(=O)c1cccnc1C[C@H](O)[C@H](N)Cc1cccc(Cl)c1. The Morgan fingerprint density at radius 3 is 2.65 bits per heavy atom. The number of nitrogens with two attached hydrogens (primary N) is 1. The number of carbonyl (C=O) groups is 1. The highest BCUT2D eigenvalue weighted by molar-refractivity contribution is 6.30. The van der Waals surface area contributed by atoms with E-state index in [1.807, 2.05) is 39.0 Å². The van der Waals surface area contributed by atoms with Crippen molar-refractivity contribution in [1.82, 2.24) is 10.3 Å². The molecule has 1 heterocycles. The lowest BCUT2D eigenvalue weighted by Crippen LogP contribution is -2.42. The van der Waals surface area contributed by atoms with E-state index in [1.54, 1.807) is 24.4 Å². The number of aliphatic hydroxyl groups is 1. The number of amides is 1. The number of hydrogen-bond acceptors (Lipinski definition) is 4. The van der Waals surface area contributed by atoms with Gasteiger partial charge in [0.25, 0.3) is 5.91 Å².